The Morgan fingerprint density at radius 2 is 1.70 bits per heavy atom. The molecule has 0 saturated heterocycles. The molecule has 1 amide bonds. The first-order valence-corrected chi connectivity index (χ1v) is 10.0. The molecule has 160 valence electrons. The molecule has 0 saturated carbocycles. The van der Waals surface area contributed by atoms with E-state index in [0.29, 0.717) is 5.56 Å². The fraction of sp³-hybridized carbons (Fsp3) is 0.158. The van der Waals surface area contributed by atoms with Gasteiger partial charge in [-0.1, -0.05) is 42.5 Å². The van der Waals surface area contributed by atoms with Crippen LogP contribution < -0.4 is 14.8 Å². The molecule has 0 spiro atoms. The van der Waals surface area contributed by atoms with Gasteiger partial charge in [-0.3, -0.25) is 9.59 Å². The van der Waals surface area contributed by atoms with E-state index in [1.54, 1.807) is 30.3 Å². The van der Waals surface area contributed by atoms with Crippen molar-refractivity contribution in [3.63, 3.8) is 0 Å². The summed E-state index contributed by atoms with van der Waals surface area (Å²) in [5.74, 6) is -2.08. The molecule has 30 heavy (non-hydrogen) atoms. The van der Waals surface area contributed by atoms with Crippen LogP contribution in [0, 0.1) is 0 Å². The monoisotopic (exact) mass is 440 g/mol. The number of alkyl halides is 2. The molecule has 0 aliphatic rings. The van der Waals surface area contributed by atoms with Crippen LogP contribution in [-0.4, -0.2) is 40.1 Å². The SMILES string of the molecule is O=C(COC(=O)CNS(=O)(=O)/C=C/c1ccccc1)Nc1ccccc1OC(F)F. The summed E-state index contributed by atoms with van der Waals surface area (Å²) in [6.07, 6.45) is 1.35. The van der Waals surface area contributed by atoms with Crippen LogP contribution in [0.5, 0.6) is 5.75 Å². The van der Waals surface area contributed by atoms with Crippen LogP contribution in [0.25, 0.3) is 6.08 Å². The average molecular weight is 440 g/mol. The molecule has 0 aliphatic heterocycles. The molecule has 0 aliphatic carbocycles. The van der Waals surface area contributed by atoms with E-state index in [9.17, 15) is 26.8 Å². The lowest BCUT2D eigenvalue weighted by atomic mass is 10.2. The zero-order valence-electron chi connectivity index (χ0n) is 15.5. The molecule has 0 radical (unpaired) electrons. The van der Waals surface area contributed by atoms with Gasteiger partial charge < -0.3 is 14.8 Å². The summed E-state index contributed by atoms with van der Waals surface area (Å²) in [6.45, 7) is -4.52. The quantitative estimate of drug-likeness (QED) is 0.549. The third-order valence-corrected chi connectivity index (χ3v) is 4.44. The predicted octanol–water partition coefficient (Wildman–Crippen LogP) is 2.36. The summed E-state index contributed by atoms with van der Waals surface area (Å²) in [4.78, 5) is 23.5. The summed E-state index contributed by atoms with van der Waals surface area (Å²) in [7, 11) is -3.90. The van der Waals surface area contributed by atoms with Crippen molar-refractivity contribution in [2.75, 3.05) is 18.5 Å². The Kier molecular flexibility index (Phi) is 8.44. The normalized spacial score (nSPS) is 11.4. The summed E-state index contributed by atoms with van der Waals surface area (Å²) in [5.41, 5.74) is 0.615. The molecule has 2 N–H and O–H groups in total. The second kappa shape index (κ2) is 11.0. The van der Waals surface area contributed by atoms with Crippen LogP contribution in [-0.2, 0) is 24.3 Å². The predicted molar refractivity (Wildman–Crippen MR) is 105 cm³/mol. The lowest BCUT2D eigenvalue weighted by Crippen LogP contribution is -2.31. The highest BCUT2D eigenvalue weighted by Gasteiger charge is 2.14. The molecule has 0 aromatic heterocycles. The highest BCUT2D eigenvalue weighted by molar-refractivity contribution is 7.92. The number of hydrogen-bond acceptors (Lipinski definition) is 6. The van der Waals surface area contributed by atoms with Gasteiger partial charge in [-0.25, -0.2) is 13.1 Å². The second-order valence-electron chi connectivity index (χ2n) is 5.66. The summed E-state index contributed by atoms with van der Waals surface area (Å²) < 4.78 is 59.4. The number of nitrogens with one attached hydrogen (secondary N) is 2. The van der Waals surface area contributed by atoms with Gasteiger partial charge in [0.1, 0.15) is 12.3 Å². The number of para-hydroxylation sites is 2. The fourth-order valence-electron chi connectivity index (χ4n) is 2.09. The van der Waals surface area contributed by atoms with Crippen LogP contribution in [0.2, 0.25) is 0 Å². The number of carbonyl (C=O) groups excluding carboxylic acids is 2. The van der Waals surface area contributed by atoms with Crippen LogP contribution in [0.3, 0.4) is 0 Å². The maximum atomic E-state index is 12.4. The number of ether oxygens (including phenoxy) is 2. The molecule has 11 heteroatoms. The van der Waals surface area contributed by atoms with Crippen molar-refractivity contribution in [1.82, 2.24) is 4.72 Å². The van der Waals surface area contributed by atoms with Gasteiger partial charge >= 0.3 is 12.6 Å². The Morgan fingerprint density at radius 1 is 1.03 bits per heavy atom. The maximum absolute atomic E-state index is 12.4. The number of rotatable bonds is 10. The molecule has 2 aromatic carbocycles. The third-order valence-electron chi connectivity index (χ3n) is 3.40. The standard InChI is InChI=1S/C19H18F2N2O6S/c20-19(21)29-16-9-5-4-8-15(16)23-17(24)13-28-18(25)12-22-30(26,27)11-10-14-6-2-1-3-7-14/h1-11,19,22H,12-13H2,(H,23,24)/b11-10+. The van der Waals surface area contributed by atoms with E-state index < -0.39 is 41.7 Å². The minimum Gasteiger partial charge on any atom is -0.455 e. The molecule has 8 nitrogen and oxygen atoms in total. The molecule has 0 heterocycles. The van der Waals surface area contributed by atoms with E-state index >= 15 is 0 Å². The van der Waals surface area contributed by atoms with Crippen LogP contribution >= 0.6 is 0 Å². The Balaban J connectivity index is 1.79. The first-order chi connectivity index (χ1) is 14.2. The Labute approximate surface area is 171 Å². The van der Waals surface area contributed by atoms with Gasteiger partial charge in [0.2, 0.25) is 10.0 Å². The van der Waals surface area contributed by atoms with Gasteiger partial charge in [0.05, 0.1) is 5.69 Å². The molecule has 0 atom stereocenters. The number of carbonyl (C=O) groups is 2. The van der Waals surface area contributed by atoms with Gasteiger partial charge in [-0.05, 0) is 23.8 Å². The zero-order valence-corrected chi connectivity index (χ0v) is 16.3. The van der Waals surface area contributed by atoms with Gasteiger partial charge in [0.25, 0.3) is 5.91 Å². The van der Waals surface area contributed by atoms with Gasteiger partial charge in [-0.2, -0.15) is 8.78 Å². The number of benzene rings is 2. The van der Waals surface area contributed by atoms with Crippen LogP contribution in [0.15, 0.2) is 60.0 Å². The lowest BCUT2D eigenvalue weighted by molar-refractivity contribution is -0.146. The van der Waals surface area contributed by atoms with E-state index in [1.807, 2.05) is 4.72 Å². The number of sulfonamides is 1. The topological polar surface area (TPSA) is 111 Å². The van der Waals surface area contributed by atoms with Crippen molar-refractivity contribution >= 4 is 33.7 Å². The lowest BCUT2D eigenvalue weighted by Gasteiger charge is -2.11. The largest absolute Gasteiger partial charge is 0.455 e. The van der Waals surface area contributed by atoms with Crippen molar-refractivity contribution in [2.24, 2.45) is 0 Å². The number of esters is 1. The first-order valence-electron chi connectivity index (χ1n) is 8.47. The maximum Gasteiger partial charge on any atom is 0.387 e. The van der Waals surface area contributed by atoms with Crippen molar-refractivity contribution < 1.29 is 36.3 Å². The summed E-state index contributed by atoms with van der Waals surface area (Å²) in [6, 6.07) is 14.1. The Morgan fingerprint density at radius 3 is 2.40 bits per heavy atom. The van der Waals surface area contributed by atoms with Gasteiger partial charge in [-0.15, -0.1) is 0 Å². The average Bonchev–Trinajstić information content (AvgIpc) is 2.71. The van der Waals surface area contributed by atoms with E-state index in [1.165, 1.54) is 30.3 Å². The minimum atomic E-state index is -3.90. The molecule has 2 rings (SSSR count). The molecule has 0 unspecified atom stereocenters. The van der Waals surface area contributed by atoms with Crippen molar-refractivity contribution in [1.29, 1.82) is 0 Å². The van der Waals surface area contributed by atoms with Crippen molar-refractivity contribution in [3.8, 4) is 5.75 Å². The molecule has 2 aromatic rings. The first kappa shape index (κ1) is 23.0. The number of amides is 1. The van der Waals surface area contributed by atoms with Crippen LogP contribution in [0.1, 0.15) is 5.56 Å². The smallest absolute Gasteiger partial charge is 0.387 e. The number of halogens is 2. The zero-order chi connectivity index (χ0) is 22.0. The number of hydrogen-bond donors (Lipinski definition) is 2. The minimum absolute atomic E-state index is 0.0365. The van der Waals surface area contributed by atoms with Crippen molar-refractivity contribution in [2.45, 2.75) is 6.61 Å². The highest BCUT2D eigenvalue weighted by atomic mass is 32.2. The molecule has 0 fully saturated rings. The molecular weight excluding hydrogens is 422 g/mol. The van der Waals surface area contributed by atoms with Crippen LogP contribution in [0.4, 0.5) is 14.5 Å². The molecular formula is C19H18F2N2O6S. The summed E-state index contributed by atoms with van der Waals surface area (Å²) >= 11 is 0. The highest BCUT2D eigenvalue weighted by Crippen LogP contribution is 2.25. The Hall–Kier alpha value is -3.31. The van der Waals surface area contributed by atoms with Gasteiger partial charge in [0, 0.05) is 5.41 Å². The van der Waals surface area contributed by atoms with E-state index in [2.05, 4.69) is 14.8 Å². The summed E-state index contributed by atoms with van der Waals surface area (Å²) in [5, 5.41) is 3.15. The van der Waals surface area contributed by atoms with E-state index in [0.717, 1.165) is 5.41 Å². The van der Waals surface area contributed by atoms with Gasteiger partial charge in [0.15, 0.2) is 6.61 Å². The van der Waals surface area contributed by atoms with Crippen molar-refractivity contribution in [3.05, 3.63) is 65.6 Å². The Bertz CT molecular complexity index is 997. The van der Waals surface area contributed by atoms with E-state index in [-0.39, 0.29) is 11.4 Å². The second-order valence-corrected chi connectivity index (χ2v) is 7.31. The molecule has 0 bridgehead atoms. The fourth-order valence-corrected chi connectivity index (χ4v) is 2.84. The number of anilines is 1. The third kappa shape index (κ3) is 8.37. The van der Waals surface area contributed by atoms with E-state index in [4.69, 9.17) is 0 Å².